The van der Waals surface area contributed by atoms with Crippen LogP contribution in [-0.4, -0.2) is 29.9 Å². The molecular weight excluding hydrogens is 276 g/mol. The number of hydrogen-bond acceptors (Lipinski definition) is 3. The van der Waals surface area contributed by atoms with Gasteiger partial charge in [0.05, 0.1) is 0 Å². The molecule has 1 aliphatic heterocycles. The van der Waals surface area contributed by atoms with E-state index in [1.165, 1.54) is 6.42 Å². The van der Waals surface area contributed by atoms with Gasteiger partial charge in [-0.3, -0.25) is 4.79 Å². The molecule has 2 N–H and O–H groups in total. The quantitative estimate of drug-likeness (QED) is 0.930. The fourth-order valence-corrected chi connectivity index (χ4v) is 4.10. The molecule has 3 aliphatic rings. The van der Waals surface area contributed by atoms with Crippen LogP contribution in [0.15, 0.2) is 16.5 Å². The second kappa shape index (κ2) is 5.12. The van der Waals surface area contributed by atoms with Crippen molar-refractivity contribution in [3.63, 3.8) is 0 Å². The predicted molar refractivity (Wildman–Crippen MR) is 84.4 cm³/mol. The zero-order chi connectivity index (χ0) is 15.4. The third-order valence-corrected chi connectivity index (χ3v) is 5.87. The smallest absolute Gasteiger partial charge is 0.226 e. The van der Waals surface area contributed by atoms with Gasteiger partial charge in [-0.25, -0.2) is 0 Å². The van der Waals surface area contributed by atoms with Gasteiger partial charge in [-0.15, -0.1) is 0 Å². The lowest BCUT2D eigenvalue weighted by atomic mass is 10.1. The van der Waals surface area contributed by atoms with E-state index >= 15 is 0 Å². The lowest BCUT2D eigenvalue weighted by Crippen LogP contribution is -2.35. The number of nitrogens with zero attached hydrogens (tertiary/aromatic N) is 1. The first-order chi connectivity index (χ1) is 10.6. The summed E-state index contributed by atoms with van der Waals surface area (Å²) in [4.78, 5) is 14.8. The maximum atomic E-state index is 12.7. The van der Waals surface area contributed by atoms with Crippen molar-refractivity contribution in [2.24, 2.45) is 23.5 Å². The summed E-state index contributed by atoms with van der Waals surface area (Å²) < 4.78 is 6.02. The topological polar surface area (TPSA) is 59.5 Å². The van der Waals surface area contributed by atoms with E-state index in [1.54, 1.807) is 0 Å². The van der Waals surface area contributed by atoms with Crippen molar-refractivity contribution in [3.05, 3.63) is 23.7 Å². The van der Waals surface area contributed by atoms with E-state index < -0.39 is 0 Å². The first-order valence-electron chi connectivity index (χ1n) is 8.68. The van der Waals surface area contributed by atoms with Crippen molar-refractivity contribution >= 4 is 5.91 Å². The van der Waals surface area contributed by atoms with Gasteiger partial charge < -0.3 is 15.1 Å². The minimum Gasteiger partial charge on any atom is -0.465 e. The Balaban J connectivity index is 1.39. The molecule has 1 aromatic rings. The number of hydrogen-bond donors (Lipinski definition) is 1. The van der Waals surface area contributed by atoms with Crippen molar-refractivity contribution in [2.75, 3.05) is 13.1 Å². The number of nitrogens with two attached hydrogens (primary N) is 1. The van der Waals surface area contributed by atoms with Gasteiger partial charge in [-0.1, -0.05) is 6.92 Å². The number of amides is 1. The minimum atomic E-state index is 0.134. The van der Waals surface area contributed by atoms with E-state index in [0.29, 0.717) is 36.2 Å². The van der Waals surface area contributed by atoms with Gasteiger partial charge in [0.25, 0.3) is 0 Å². The number of likely N-dealkylation sites (tertiary alicyclic amines) is 1. The van der Waals surface area contributed by atoms with Crippen LogP contribution in [0.1, 0.15) is 56.5 Å². The predicted octanol–water partition coefficient (Wildman–Crippen LogP) is 2.70. The summed E-state index contributed by atoms with van der Waals surface area (Å²) in [6.07, 6.45) is 3.23. The summed E-state index contributed by atoms with van der Waals surface area (Å²) in [5, 5.41) is 0. The Morgan fingerprint density at radius 1 is 1.23 bits per heavy atom. The third-order valence-electron chi connectivity index (χ3n) is 5.87. The molecule has 4 rings (SSSR count). The number of carbonyl (C=O) groups is 1. The third kappa shape index (κ3) is 2.37. The lowest BCUT2D eigenvalue weighted by molar-refractivity contribution is -0.133. The minimum absolute atomic E-state index is 0.134. The van der Waals surface area contributed by atoms with E-state index in [4.69, 9.17) is 10.2 Å². The SMILES string of the molecule is CC1CC1c1ccc(C2CC2C(=O)N2CC(CN)CC2C)o1. The van der Waals surface area contributed by atoms with Crippen LogP contribution in [0, 0.1) is 17.8 Å². The Labute approximate surface area is 132 Å². The molecular formula is C18H26N2O2. The molecule has 0 aromatic carbocycles. The highest BCUT2D eigenvalue weighted by molar-refractivity contribution is 5.83. The van der Waals surface area contributed by atoms with Crippen molar-refractivity contribution in [2.45, 2.75) is 51.0 Å². The van der Waals surface area contributed by atoms with Gasteiger partial charge in [-0.2, -0.15) is 0 Å². The molecule has 1 amide bonds. The van der Waals surface area contributed by atoms with E-state index in [-0.39, 0.29) is 5.92 Å². The van der Waals surface area contributed by atoms with Crippen molar-refractivity contribution < 1.29 is 9.21 Å². The molecule has 1 saturated heterocycles. The Morgan fingerprint density at radius 3 is 2.50 bits per heavy atom. The molecule has 4 heteroatoms. The zero-order valence-electron chi connectivity index (χ0n) is 13.5. The number of carbonyl (C=O) groups excluding carboxylic acids is 1. The van der Waals surface area contributed by atoms with Crippen LogP contribution >= 0.6 is 0 Å². The molecule has 0 radical (unpaired) electrons. The first kappa shape index (κ1) is 14.3. The molecule has 4 nitrogen and oxygen atoms in total. The summed E-state index contributed by atoms with van der Waals surface area (Å²) in [6.45, 7) is 5.93. The summed E-state index contributed by atoms with van der Waals surface area (Å²) in [5.41, 5.74) is 5.76. The molecule has 22 heavy (non-hydrogen) atoms. The standard InChI is InChI=1S/C18H26N2O2/c1-10-5-13(10)16-3-4-17(22-16)14-7-15(14)18(21)20-9-12(8-19)6-11(20)2/h3-4,10-15H,5-9,19H2,1-2H3. The van der Waals surface area contributed by atoms with Crippen LogP contribution in [-0.2, 0) is 4.79 Å². The molecule has 2 heterocycles. The average Bonchev–Trinajstić information content (AvgIpc) is 3.36. The van der Waals surface area contributed by atoms with Crippen LogP contribution in [0.5, 0.6) is 0 Å². The lowest BCUT2D eigenvalue weighted by Gasteiger charge is -2.21. The zero-order valence-corrected chi connectivity index (χ0v) is 13.5. The van der Waals surface area contributed by atoms with Crippen molar-refractivity contribution in [1.29, 1.82) is 0 Å². The second-order valence-electron chi connectivity index (χ2n) is 7.69. The van der Waals surface area contributed by atoms with Crippen LogP contribution in [0.2, 0.25) is 0 Å². The molecule has 6 unspecified atom stereocenters. The van der Waals surface area contributed by atoms with Crippen LogP contribution in [0.25, 0.3) is 0 Å². The molecule has 1 aromatic heterocycles. The van der Waals surface area contributed by atoms with Crippen molar-refractivity contribution in [3.8, 4) is 0 Å². The monoisotopic (exact) mass is 302 g/mol. The highest BCUT2D eigenvalue weighted by atomic mass is 16.3. The molecule has 2 saturated carbocycles. The van der Waals surface area contributed by atoms with Crippen LogP contribution < -0.4 is 5.73 Å². The fourth-order valence-electron chi connectivity index (χ4n) is 4.10. The van der Waals surface area contributed by atoms with Crippen LogP contribution in [0.3, 0.4) is 0 Å². The Bertz CT molecular complexity index is 581. The number of rotatable bonds is 4. The van der Waals surface area contributed by atoms with E-state index in [1.807, 2.05) is 0 Å². The number of furan rings is 1. The van der Waals surface area contributed by atoms with Gasteiger partial charge in [-0.05, 0) is 56.7 Å². The summed E-state index contributed by atoms with van der Waals surface area (Å²) in [6, 6.07) is 4.54. The maximum Gasteiger partial charge on any atom is 0.226 e. The largest absolute Gasteiger partial charge is 0.465 e. The van der Waals surface area contributed by atoms with Gasteiger partial charge in [0.1, 0.15) is 11.5 Å². The molecule has 0 bridgehead atoms. The normalized spacial score (nSPS) is 40.0. The molecule has 2 aliphatic carbocycles. The summed E-state index contributed by atoms with van der Waals surface area (Å²) in [5.74, 6) is 4.75. The van der Waals surface area contributed by atoms with E-state index in [2.05, 4.69) is 30.9 Å². The second-order valence-corrected chi connectivity index (χ2v) is 7.69. The van der Waals surface area contributed by atoms with E-state index in [9.17, 15) is 4.79 Å². The Hall–Kier alpha value is -1.29. The fraction of sp³-hybridized carbons (Fsp3) is 0.722. The van der Waals surface area contributed by atoms with Gasteiger partial charge >= 0.3 is 0 Å². The highest BCUT2D eigenvalue weighted by Crippen LogP contribution is 2.52. The van der Waals surface area contributed by atoms with Gasteiger partial charge in [0.15, 0.2) is 0 Å². The first-order valence-corrected chi connectivity index (χ1v) is 8.68. The van der Waals surface area contributed by atoms with Gasteiger partial charge in [0.2, 0.25) is 5.91 Å². The van der Waals surface area contributed by atoms with Crippen molar-refractivity contribution in [1.82, 2.24) is 4.90 Å². The Kier molecular flexibility index (Phi) is 3.33. The molecule has 120 valence electrons. The summed E-state index contributed by atoms with van der Waals surface area (Å²) >= 11 is 0. The maximum absolute atomic E-state index is 12.7. The average molecular weight is 302 g/mol. The molecule has 0 spiro atoms. The van der Waals surface area contributed by atoms with Crippen LogP contribution in [0.4, 0.5) is 0 Å². The summed E-state index contributed by atoms with van der Waals surface area (Å²) in [7, 11) is 0. The highest BCUT2D eigenvalue weighted by Gasteiger charge is 2.50. The van der Waals surface area contributed by atoms with Gasteiger partial charge in [0, 0.05) is 30.3 Å². The molecule has 6 atom stereocenters. The van der Waals surface area contributed by atoms with E-state index in [0.717, 1.165) is 36.8 Å². The molecule has 3 fully saturated rings. The Morgan fingerprint density at radius 2 is 1.91 bits per heavy atom.